The number of esters is 1. The van der Waals surface area contributed by atoms with Crippen molar-refractivity contribution < 1.29 is 23.4 Å². The van der Waals surface area contributed by atoms with Crippen LogP contribution in [0.25, 0.3) is 0 Å². The highest BCUT2D eigenvalue weighted by atomic mass is 19.1. The lowest BCUT2D eigenvalue weighted by molar-refractivity contribution is -0.154. The van der Waals surface area contributed by atoms with Gasteiger partial charge in [-0.05, 0) is 6.92 Å². The quantitative estimate of drug-likeness (QED) is 0.807. The summed E-state index contributed by atoms with van der Waals surface area (Å²) in [6.07, 6.45) is 0. The van der Waals surface area contributed by atoms with E-state index in [4.69, 9.17) is 9.47 Å². The van der Waals surface area contributed by atoms with E-state index in [0.717, 1.165) is 11.1 Å². The Balaban J connectivity index is 1.99. The third-order valence-electron chi connectivity index (χ3n) is 4.22. The molecule has 0 aliphatic carbocycles. The van der Waals surface area contributed by atoms with E-state index < -0.39 is 17.4 Å². The minimum Gasteiger partial charge on any atom is -0.466 e. The van der Waals surface area contributed by atoms with Crippen LogP contribution in [0.4, 0.5) is 4.39 Å². The van der Waals surface area contributed by atoms with Crippen molar-refractivity contribution in [1.82, 2.24) is 0 Å². The van der Waals surface area contributed by atoms with Crippen molar-refractivity contribution in [1.29, 1.82) is 0 Å². The van der Waals surface area contributed by atoms with Crippen LogP contribution in [0.5, 0.6) is 0 Å². The van der Waals surface area contributed by atoms with Crippen LogP contribution >= 0.6 is 0 Å². The fourth-order valence-corrected chi connectivity index (χ4v) is 2.88. The first-order valence-electron chi connectivity index (χ1n) is 7.72. The van der Waals surface area contributed by atoms with Gasteiger partial charge in [0.2, 0.25) is 11.5 Å². The first-order chi connectivity index (χ1) is 11.5. The normalized spacial score (nSPS) is 18.8. The minimum atomic E-state index is -2.20. The summed E-state index contributed by atoms with van der Waals surface area (Å²) in [5.41, 5.74) is -0.369. The third kappa shape index (κ3) is 2.70. The lowest BCUT2D eigenvalue weighted by Gasteiger charge is -2.29. The zero-order valence-corrected chi connectivity index (χ0v) is 13.6. The van der Waals surface area contributed by atoms with Gasteiger partial charge in [0.15, 0.2) is 0 Å². The second kappa shape index (κ2) is 6.34. The van der Waals surface area contributed by atoms with Gasteiger partial charge in [-0.15, -0.1) is 0 Å². The van der Waals surface area contributed by atoms with Crippen molar-refractivity contribution in [3.8, 4) is 0 Å². The Morgan fingerprint density at radius 3 is 2.12 bits per heavy atom. The van der Waals surface area contributed by atoms with Gasteiger partial charge in [-0.2, -0.15) is 0 Å². The molecule has 1 atom stereocenters. The van der Waals surface area contributed by atoms with Crippen molar-refractivity contribution in [3.05, 3.63) is 71.3 Å². The molecule has 2 aromatic carbocycles. The Morgan fingerprint density at radius 1 is 1.04 bits per heavy atom. The number of rotatable bonds is 4. The molecule has 1 unspecified atom stereocenters. The summed E-state index contributed by atoms with van der Waals surface area (Å²) in [5, 5.41) is 0. The molecule has 24 heavy (non-hydrogen) atoms. The van der Waals surface area contributed by atoms with E-state index in [-0.39, 0.29) is 5.56 Å². The van der Waals surface area contributed by atoms with E-state index in [9.17, 15) is 9.18 Å². The highest BCUT2D eigenvalue weighted by Gasteiger charge is 2.42. The molecule has 4 nitrogen and oxygen atoms in total. The predicted molar refractivity (Wildman–Crippen MR) is 86.0 cm³/mol. The lowest BCUT2D eigenvalue weighted by atomic mass is 9.92. The first kappa shape index (κ1) is 16.6. The van der Waals surface area contributed by atoms with Gasteiger partial charge >= 0.3 is 5.97 Å². The molecular weight excluding hydrogens is 311 g/mol. The molecule has 5 heteroatoms. The molecule has 0 saturated carbocycles. The minimum absolute atomic E-state index is 0.222. The van der Waals surface area contributed by atoms with Crippen LogP contribution in [-0.2, 0) is 30.5 Å². The average Bonchev–Trinajstić information content (AvgIpc) is 3.13. The number of methoxy groups -OCH3 is 1. The Hall–Kier alpha value is -2.24. The fraction of sp³-hybridized carbons (Fsp3) is 0.316. The van der Waals surface area contributed by atoms with Crippen LogP contribution < -0.4 is 0 Å². The SMILES string of the molecule is COC(=O)C(C)(F)c1ccc(C2(c3ccccc3)OCCO2)cc1. The first-order valence-corrected chi connectivity index (χ1v) is 7.72. The third-order valence-corrected chi connectivity index (χ3v) is 4.22. The summed E-state index contributed by atoms with van der Waals surface area (Å²) in [6.45, 7) is 2.13. The molecule has 0 N–H and O–H groups in total. The molecule has 0 radical (unpaired) electrons. The monoisotopic (exact) mass is 330 g/mol. The van der Waals surface area contributed by atoms with Crippen LogP contribution in [0.2, 0.25) is 0 Å². The second-order valence-electron chi connectivity index (χ2n) is 5.75. The van der Waals surface area contributed by atoms with Crippen molar-refractivity contribution in [2.24, 2.45) is 0 Å². The van der Waals surface area contributed by atoms with Gasteiger partial charge in [0.1, 0.15) is 0 Å². The van der Waals surface area contributed by atoms with Crippen molar-refractivity contribution >= 4 is 5.97 Å². The van der Waals surface area contributed by atoms with Crippen LogP contribution in [0.1, 0.15) is 23.6 Å². The molecule has 0 bridgehead atoms. The van der Waals surface area contributed by atoms with Gasteiger partial charge in [-0.3, -0.25) is 0 Å². The zero-order chi connectivity index (χ0) is 17.2. The fourth-order valence-electron chi connectivity index (χ4n) is 2.88. The largest absolute Gasteiger partial charge is 0.466 e. The maximum atomic E-state index is 14.6. The summed E-state index contributed by atoms with van der Waals surface area (Å²) in [4.78, 5) is 11.6. The summed E-state index contributed by atoms with van der Waals surface area (Å²) in [7, 11) is 1.17. The Kier molecular flexibility index (Phi) is 4.39. The van der Waals surface area contributed by atoms with Crippen molar-refractivity contribution in [3.63, 3.8) is 0 Å². The maximum Gasteiger partial charge on any atom is 0.348 e. The van der Waals surface area contributed by atoms with E-state index in [1.165, 1.54) is 14.0 Å². The molecule has 1 aliphatic rings. The number of halogens is 1. The number of hydrogen-bond donors (Lipinski definition) is 0. The van der Waals surface area contributed by atoms with Gasteiger partial charge in [0.25, 0.3) is 0 Å². The molecule has 0 aromatic heterocycles. The molecule has 1 aliphatic heterocycles. The number of alkyl halides is 1. The van der Waals surface area contributed by atoms with Gasteiger partial charge in [-0.25, -0.2) is 9.18 Å². The smallest absolute Gasteiger partial charge is 0.348 e. The predicted octanol–water partition coefficient (Wildman–Crippen LogP) is 3.29. The topological polar surface area (TPSA) is 44.8 Å². The van der Waals surface area contributed by atoms with Gasteiger partial charge in [0.05, 0.1) is 20.3 Å². The molecule has 3 rings (SSSR count). The number of benzene rings is 2. The number of carbonyl (C=O) groups excluding carboxylic acids is 1. The standard InChI is InChI=1S/C19H19FO4/c1-18(20,17(21)22-2)14-8-10-16(11-9-14)19(23-12-13-24-19)15-6-4-3-5-7-15/h3-11H,12-13H2,1-2H3. The summed E-state index contributed by atoms with van der Waals surface area (Å²) < 4.78 is 30.9. The van der Waals surface area contributed by atoms with E-state index in [2.05, 4.69) is 4.74 Å². The molecule has 126 valence electrons. The zero-order valence-electron chi connectivity index (χ0n) is 13.6. The average molecular weight is 330 g/mol. The Bertz CT molecular complexity index is 704. The van der Waals surface area contributed by atoms with E-state index in [1.54, 1.807) is 24.3 Å². The van der Waals surface area contributed by atoms with Crippen LogP contribution in [0.3, 0.4) is 0 Å². The van der Waals surface area contributed by atoms with Gasteiger partial charge < -0.3 is 14.2 Å². The Labute approximate surface area is 140 Å². The number of ether oxygens (including phenoxy) is 3. The van der Waals surface area contributed by atoms with E-state index in [0.29, 0.717) is 13.2 Å². The highest BCUT2D eigenvalue weighted by Crippen LogP contribution is 2.39. The Morgan fingerprint density at radius 2 is 1.58 bits per heavy atom. The van der Waals surface area contributed by atoms with Crippen LogP contribution in [0.15, 0.2) is 54.6 Å². The highest BCUT2D eigenvalue weighted by molar-refractivity contribution is 5.80. The second-order valence-corrected chi connectivity index (χ2v) is 5.75. The van der Waals surface area contributed by atoms with Crippen molar-refractivity contribution in [2.45, 2.75) is 18.4 Å². The molecule has 0 amide bonds. The summed E-state index contributed by atoms with van der Waals surface area (Å²) in [5.74, 6) is -1.93. The van der Waals surface area contributed by atoms with Crippen LogP contribution in [-0.4, -0.2) is 26.3 Å². The molecule has 1 heterocycles. The molecule has 1 fully saturated rings. The van der Waals surface area contributed by atoms with Crippen LogP contribution in [0, 0.1) is 0 Å². The van der Waals surface area contributed by atoms with Gasteiger partial charge in [0, 0.05) is 16.7 Å². The molecular formula is C19H19FO4. The maximum absolute atomic E-state index is 14.6. The number of carbonyl (C=O) groups is 1. The van der Waals surface area contributed by atoms with Gasteiger partial charge in [-0.1, -0.05) is 54.6 Å². The molecule has 0 spiro atoms. The number of hydrogen-bond acceptors (Lipinski definition) is 4. The molecule has 2 aromatic rings. The lowest BCUT2D eigenvalue weighted by Crippen LogP contribution is -2.30. The van der Waals surface area contributed by atoms with E-state index >= 15 is 0 Å². The van der Waals surface area contributed by atoms with Crippen molar-refractivity contribution in [2.75, 3.05) is 20.3 Å². The van der Waals surface area contributed by atoms with E-state index in [1.807, 2.05) is 30.3 Å². The molecule has 1 saturated heterocycles. The summed E-state index contributed by atoms with van der Waals surface area (Å²) in [6, 6.07) is 16.1. The summed E-state index contributed by atoms with van der Waals surface area (Å²) >= 11 is 0.